The Morgan fingerprint density at radius 1 is 0.655 bits per heavy atom. The number of carbonyl (C=O) groups is 1. The molecule has 0 aromatic heterocycles. The van der Waals surface area contributed by atoms with Gasteiger partial charge in [-0.25, -0.2) is 0 Å². The highest BCUT2D eigenvalue weighted by atomic mass is 16.1. The first kappa shape index (κ1) is 17.4. The van der Waals surface area contributed by atoms with Crippen LogP contribution in [0.2, 0.25) is 0 Å². The summed E-state index contributed by atoms with van der Waals surface area (Å²) in [4.78, 5) is 13.3. The van der Waals surface area contributed by atoms with Gasteiger partial charge in [-0.05, 0) is 39.9 Å². The zero-order chi connectivity index (χ0) is 19.6. The molecule has 5 rings (SSSR count). The Morgan fingerprint density at radius 2 is 1.24 bits per heavy atom. The van der Waals surface area contributed by atoms with Crippen molar-refractivity contribution in [3.8, 4) is 22.3 Å². The molecular weight excluding hydrogens is 354 g/mol. The van der Waals surface area contributed by atoms with E-state index in [0.29, 0.717) is 6.42 Å². The zero-order valence-electron chi connectivity index (χ0n) is 16.0. The molecule has 0 fully saturated rings. The molecule has 1 aliphatic rings. The normalized spacial score (nSPS) is 15.4. The van der Waals surface area contributed by atoms with E-state index in [-0.39, 0.29) is 11.8 Å². The van der Waals surface area contributed by atoms with Gasteiger partial charge in [-0.15, -0.1) is 0 Å². The van der Waals surface area contributed by atoms with Crippen LogP contribution in [0.1, 0.15) is 28.4 Å². The van der Waals surface area contributed by atoms with Crippen LogP contribution >= 0.6 is 0 Å². The number of hydrogen-bond acceptors (Lipinski definition) is 2. The monoisotopic (exact) mass is 375 g/mol. The summed E-state index contributed by atoms with van der Waals surface area (Å²) in [5.41, 5.74) is 7.15. The minimum Gasteiger partial charge on any atom is -0.377 e. The number of rotatable bonds is 3. The molecule has 0 saturated carbocycles. The Hall–Kier alpha value is -3.65. The quantitative estimate of drug-likeness (QED) is 0.428. The van der Waals surface area contributed by atoms with Gasteiger partial charge in [-0.3, -0.25) is 4.79 Å². The molecule has 4 aromatic rings. The maximum absolute atomic E-state index is 13.3. The van der Waals surface area contributed by atoms with Crippen LogP contribution in [0.15, 0.2) is 103 Å². The molecule has 0 bridgehead atoms. The van der Waals surface area contributed by atoms with Gasteiger partial charge in [0, 0.05) is 17.7 Å². The lowest BCUT2D eigenvalue weighted by atomic mass is 9.85. The van der Waals surface area contributed by atoms with Gasteiger partial charge in [0.1, 0.15) is 0 Å². The van der Waals surface area contributed by atoms with E-state index < -0.39 is 0 Å². The van der Waals surface area contributed by atoms with E-state index in [9.17, 15) is 4.79 Å². The predicted octanol–water partition coefficient (Wildman–Crippen LogP) is 6.76. The fraction of sp³-hybridized carbons (Fsp3) is 0.0741. The molecule has 2 heteroatoms. The van der Waals surface area contributed by atoms with E-state index in [2.05, 4.69) is 53.8 Å². The summed E-state index contributed by atoms with van der Waals surface area (Å²) in [6.45, 7) is 0. The summed E-state index contributed by atoms with van der Waals surface area (Å²) in [6.07, 6.45) is 0.460. The number of fused-ring (bicyclic) bond motifs is 1. The van der Waals surface area contributed by atoms with Crippen molar-refractivity contribution < 1.29 is 4.79 Å². The molecule has 2 nitrogen and oxygen atoms in total. The predicted molar refractivity (Wildman–Crippen MR) is 119 cm³/mol. The second-order valence-electron chi connectivity index (χ2n) is 7.41. The first-order valence-electron chi connectivity index (χ1n) is 9.93. The van der Waals surface area contributed by atoms with Crippen LogP contribution in [0.3, 0.4) is 0 Å². The minimum absolute atomic E-state index is 0.00848. The van der Waals surface area contributed by atoms with E-state index in [4.69, 9.17) is 0 Å². The van der Waals surface area contributed by atoms with Gasteiger partial charge >= 0.3 is 0 Å². The molecule has 140 valence electrons. The SMILES string of the molecule is O=C1CC(c2ccccc2)Nc2cc(-c3ccccc3)cc(-c3ccccc3)c21. The minimum atomic E-state index is -0.00848. The van der Waals surface area contributed by atoms with Crippen molar-refractivity contribution in [3.63, 3.8) is 0 Å². The lowest BCUT2D eigenvalue weighted by Gasteiger charge is -2.29. The highest BCUT2D eigenvalue weighted by Crippen LogP contribution is 2.41. The average Bonchev–Trinajstić information content (AvgIpc) is 2.80. The third kappa shape index (κ3) is 3.34. The lowest BCUT2D eigenvalue weighted by molar-refractivity contribution is 0.0973. The summed E-state index contributed by atoms with van der Waals surface area (Å²) in [5, 5.41) is 3.64. The molecule has 0 spiro atoms. The molecule has 29 heavy (non-hydrogen) atoms. The molecule has 0 saturated heterocycles. The first-order valence-corrected chi connectivity index (χ1v) is 9.93. The molecule has 0 radical (unpaired) electrons. The first-order chi connectivity index (χ1) is 14.3. The fourth-order valence-corrected chi connectivity index (χ4v) is 4.11. The highest BCUT2D eigenvalue weighted by Gasteiger charge is 2.29. The van der Waals surface area contributed by atoms with Gasteiger partial charge in [0.15, 0.2) is 5.78 Å². The summed E-state index contributed by atoms with van der Waals surface area (Å²) in [7, 11) is 0. The third-order valence-electron chi connectivity index (χ3n) is 5.53. The van der Waals surface area contributed by atoms with Gasteiger partial charge in [-0.2, -0.15) is 0 Å². The van der Waals surface area contributed by atoms with E-state index >= 15 is 0 Å². The van der Waals surface area contributed by atoms with Gasteiger partial charge in [0.05, 0.1) is 6.04 Å². The van der Waals surface area contributed by atoms with Crippen LogP contribution in [-0.2, 0) is 0 Å². The van der Waals surface area contributed by atoms with Crippen molar-refractivity contribution >= 4 is 11.5 Å². The number of carbonyl (C=O) groups excluding carboxylic acids is 1. The van der Waals surface area contributed by atoms with E-state index in [1.54, 1.807) is 0 Å². The summed E-state index contributed by atoms with van der Waals surface area (Å²) >= 11 is 0. The van der Waals surface area contributed by atoms with Gasteiger partial charge in [-0.1, -0.05) is 91.0 Å². The smallest absolute Gasteiger partial charge is 0.167 e. The number of hydrogen-bond donors (Lipinski definition) is 1. The number of ketones is 1. The van der Waals surface area contributed by atoms with Crippen LogP contribution in [0.25, 0.3) is 22.3 Å². The van der Waals surface area contributed by atoms with Crippen LogP contribution in [0.5, 0.6) is 0 Å². The highest BCUT2D eigenvalue weighted by molar-refractivity contribution is 6.10. The Kier molecular flexibility index (Phi) is 4.45. The number of anilines is 1. The van der Waals surface area contributed by atoms with Gasteiger partial charge in [0.25, 0.3) is 0 Å². The standard InChI is InChI=1S/C27H21NO/c29-26-18-24(21-14-8-3-9-15-21)28-25-17-22(19-10-4-1-5-11-19)16-23(27(25)26)20-12-6-2-7-13-20/h1-17,24,28H,18H2. The Balaban J connectivity index is 1.68. The molecule has 0 amide bonds. The zero-order valence-corrected chi connectivity index (χ0v) is 16.0. The van der Waals surface area contributed by atoms with Crippen molar-refractivity contribution in [1.29, 1.82) is 0 Å². The summed E-state index contributed by atoms with van der Waals surface area (Å²) in [6, 6.07) is 35.0. The van der Waals surface area contributed by atoms with Crippen LogP contribution in [0, 0.1) is 0 Å². The maximum Gasteiger partial charge on any atom is 0.167 e. The Labute approximate surface area is 170 Å². The number of benzene rings is 4. The summed E-state index contributed by atoms with van der Waals surface area (Å²) in [5.74, 6) is 0.186. The van der Waals surface area contributed by atoms with E-state index in [1.807, 2.05) is 54.6 Å². The Morgan fingerprint density at radius 3 is 1.90 bits per heavy atom. The number of nitrogens with one attached hydrogen (secondary N) is 1. The van der Waals surface area contributed by atoms with E-state index in [0.717, 1.165) is 39.1 Å². The Bertz CT molecular complexity index is 1150. The van der Waals surface area contributed by atoms with E-state index in [1.165, 1.54) is 0 Å². The molecular formula is C27H21NO. The third-order valence-corrected chi connectivity index (χ3v) is 5.53. The summed E-state index contributed by atoms with van der Waals surface area (Å²) < 4.78 is 0. The molecule has 1 aliphatic heterocycles. The lowest BCUT2D eigenvalue weighted by Crippen LogP contribution is -2.23. The van der Waals surface area contributed by atoms with Crippen LogP contribution in [-0.4, -0.2) is 5.78 Å². The fourth-order valence-electron chi connectivity index (χ4n) is 4.11. The molecule has 4 aromatic carbocycles. The van der Waals surface area contributed by atoms with Crippen molar-refractivity contribution in [2.45, 2.75) is 12.5 Å². The van der Waals surface area contributed by atoms with Crippen molar-refractivity contribution in [2.75, 3.05) is 5.32 Å². The second-order valence-corrected chi connectivity index (χ2v) is 7.41. The van der Waals surface area contributed by atoms with Crippen molar-refractivity contribution in [3.05, 3.63) is 114 Å². The maximum atomic E-state index is 13.3. The van der Waals surface area contributed by atoms with Gasteiger partial charge in [0.2, 0.25) is 0 Å². The molecule has 1 N–H and O–H groups in total. The van der Waals surface area contributed by atoms with Crippen molar-refractivity contribution in [1.82, 2.24) is 0 Å². The van der Waals surface area contributed by atoms with Gasteiger partial charge < -0.3 is 5.32 Å². The molecule has 1 heterocycles. The molecule has 0 aliphatic carbocycles. The topological polar surface area (TPSA) is 29.1 Å². The van der Waals surface area contributed by atoms with Crippen molar-refractivity contribution in [2.24, 2.45) is 0 Å². The van der Waals surface area contributed by atoms with Crippen LogP contribution in [0.4, 0.5) is 5.69 Å². The molecule has 1 atom stereocenters. The van der Waals surface area contributed by atoms with Crippen LogP contribution < -0.4 is 5.32 Å². The molecule has 1 unspecified atom stereocenters. The second kappa shape index (κ2) is 7.40. The largest absolute Gasteiger partial charge is 0.377 e. The average molecular weight is 375 g/mol. The number of Topliss-reactive ketones (excluding diaryl/α,β-unsaturated/α-hetero) is 1.